The normalized spacial score (nSPS) is 14.3. The lowest BCUT2D eigenvalue weighted by atomic mass is 10.2. The van der Waals surface area contributed by atoms with Gasteiger partial charge in [-0.05, 0) is 49.0 Å². The van der Waals surface area contributed by atoms with Crippen molar-refractivity contribution in [2.45, 2.75) is 39.0 Å². The fourth-order valence-corrected chi connectivity index (χ4v) is 2.01. The Balaban J connectivity index is 1.75. The number of esters is 1. The van der Waals surface area contributed by atoms with Crippen molar-refractivity contribution < 1.29 is 18.7 Å². The first kappa shape index (κ1) is 16.5. The maximum absolute atomic E-state index is 13.8. The third kappa shape index (κ3) is 5.88. The number of ether oxygens (including phenoxy) is 2. The molecule has 0 atom stereocenters. The largest absolute Gasteiger partial charge is 0.491 e. The van der Waals surface area contributed by atoms with E-state index in [4.69, 9.17) is 9.47 Å². The molecule has 0 heterocycles. The summed E-state index contributed by atoms with van der Waals surface area (Å²) in [4.78, 5) is 11.4. The van der Waals surface area contributed by atoms with Crippen LogP contribution in [0.5, 0.6) is 5.75 Å². The van der Waals surface area contributed by atoms with Gasteiger partial charge in [0.15, 0.2) is 11.6 Å². The van der Waals surface area contributed by atoms with Gasteiger partial charge in [-0.25, -0.2) is 4.39 Å². The second-order valence-electron chi connectivity index (χ2n) is 5.62. The molecule has 0 amide bonds. The van der Waals surface area contributed by atoms with Gasteiger partial charge in [0.25, 0.3) is 0 Å². The Morgan fingerprint density at radius 3 is 2.91 bits per heavy atom. The summed E-state index contributed by atoms with van der Waals surface area (Å²) >= 11 is 0. The number of hydrogen-bond acceptors (Lipinski definition) is 3. The lowest BCUT2D eigenvalue weighted by Gasteiger charge is -2.06. The van der Waals surface area contributed by atoms with Gasteiger partial charge in [-0.3, -0.25) is 4.79 Å². The van der Waals surface area contributed by atoms with E-state index >= 15 is 0 Å². The molecule has 22 heavy (non-hydrogen) atoms. The van der Waals surface area contributed by atoms with Crippen molar-refractivity contribution in [1.82, 2.24) is 0 Å². The van der Waals surface area contributed by atoms with Crippen LogP contribution in [0.4, 0.5) is 4.39 Å². The monoisotopic (exact) mass is 306 g/mol. The summed E-state index contributed by atoms with van der Waals surface area (Å²) in [5, 5.41) is 0. The van der Waals surface area contributed by atoms with E-state index in [1.807, 2.05) is 0 Å². The van der Waals surface area contributed by atoms with Crippen molar-refractivity contribution in [3.8, 4) is 5.75 Å². The van der Waals surface area contributed by atoms with Crippen LogP contribution >= 0.6 is 0 Å². The molecule has 1 aromatic rings. The van der Waals surface area contributed by atoms with Crippen LogP contribution in [0.25, 0.3) is 6.08 Å². The molecule has 0 aromatic heterocycles. The number of carbonyl (C=O) groups excluding carboxylic acids is 1. The predicted molar refractivity (Wildman–Crippen MR) is 84.1 cm³/mol. The fourth-order valence-electron chi connectivity index (χ4n) is 2.01. The van der Waals surface area contributed by atoms with E-state index in [1.165, 1.54) is 6.07 Å². The van der Waals surface area contributed by atoms with E-state index in [9.17, 15) is 9.18 Å². The third-order valence-corrected chi connectivity index (χ3v) is 3.51. The van der Waals surface area contributed by atoms with E-state index < -0.39 is 0 Å². The lowest BCUT2D eigenvalue weighted by Crippen LogP contribution is -2.04. The van der Waals surface area contributed by atoms with Gasteiger partial charge in [0.2, 0.25) is 0 Å². The molecule has 0 N–H and O–H groups in total. The molecular formula is C18H23FO3. The zero-order valence-corrected chi connectivity index (χ0v) is 13.0. The van der Waals surface area contributed by atoms with Crippen LogP contribution in [0.15, 0.2) is 24.3 Å². The Labute approximate surface area is 131 Å². The van der Waals surface area contributed by atoms with Gasteiger partial charge in [0.05, 0.1) is 6.61 Å². The molecule has 0 aliphatic heterocycles. The van der Waals surface area contributed by atoms with Crippen molar-refractivity contribution in [2.75, 3.05) is 13.2 Å². The highest BCUT2D eigenvalue weighted by Crippen LogP contribution is 2.32. The highest BCUT2D eigenvalue weighted by atomic mass is 19.1. The van der Waals surface area contributed by atoms with Crippen LogP contribution < -0.4 is 4.74 Å². The first-order valence-electron chi connectivity index (χ1n) is 7.93. The first-order valence-corrected chi connectivity index (χ1v) is 7.93. The molecule has 3 nitrogen and oxygen atoms in total. The SMILES string of the molecule is CCCCOc1ccc(/C=C/COC(=O)CC2CC2)cc1F. The number of unbranched alkanes of at least 4 members (excludes halogenated alkanes) is 1. The van der Waals surface area contributed by atoms with E-state index in [0.717, 1.165) is 31.2 Å². The maximum Gasteiger partial charge on any atom is 0.306 e. The van der Waals surface area contributed by atoms with Crippen molar-refractivity contribution in [2.24, 2.45) is 5.92 Å². The minimum atomic E-state index is -0.371. The summed E-state index contributed by atoms with van der Waals surface area (Å²) in [6.07, 6.45) is 8.18. The van der Waals surface area contributed by atoms with E-state index in [0.29, 0.717) is 18.9 Å². The van der Waals surface area contributed by atoms with Gasteiger partial charge in [-0.15, -0.1) is 0 Å². The molecule has 0 unspecified atom stereocenters. The predicted octanol–water partition coefficient (Wildman–Crippen LogP) is 4.36. The number of halogens is 1. The number of benzene rings is 1. The molecule has 0 bridgehead atoms. The Hall–Kier alpha value is -1.84. The molecule has 0 saturated heterocycles. The smallest absolute Gasteiger partial charge is 0.306 e. The zero-order valence-electron chi connectivity index (χ0n) is 13.0. The second-order valence-corrected chi connectivity index (χ2v) is 5.62. The van der Waals surface area contributed by atoms with Crippen molar-refractivity contribution in [3.05, 3.63) is 35.7 Å². The van der Waals surface area contributed by atoms with Crippen molar-refractivity contribution >= 4 is 12.0 Å². The molecule has 0 spiro atoms. The van der Waals surface area contributed by atoms with Crippen molar-refractivity contribution in [3.63, 3.8) is 0 Å². The standard InChI is InChI=1S/C18H23FO3/c1-2-3-10-21-17-9-8-14(12-16(17)19)5-4-11-22-18(20)13-15-6-7-15/h4-5,8-9,12,15H,2-3,6-7,10-11,13H2,1H3/b5-4+. The number of hydrogen-bond donors (Lipinski definition) is 0. The van der Waals surface area contributed by atoms with Crippen LogP contribution in [0.1, 0.15) is 44.6 Å². The highest BCUT2D eigenvalue weighted by molar-refractivity contribution is 5.70. The Bertz CT molecular complexity index is 521. The Morgan fingerprint density at radius 2 is 2.23 bits per heavy atom. The van der Waals surface area contributed by atoms with Crippen molar-refractivity contribution in [1.29, 1.82) is 0 Å². The molecular weight excluding hydrogens is 283 g/mol. The molecule has 1 saturated carbocycles. The van der Waals surface area contributed by atoms with Gasteiger partial charge in [-0.2, -0.15) is 0 Å². The fraction of sp³-hybridized carbons (Fsp3) is 0.500. The molecule has 1 aliphatic rings. The van der Waals surface area contributed by atoms with Gasteiger partial charge < -0.3 is 9.47 Å². The van der Waals surface area contributed by atoms with Gasteiger partial charge in [0, 0.05) is 6.42 Å². The number of carbonyl (C=O) groups is 1. The van der Waals surface area contributed by atoms with E-state index in [2.05, 4.69) is 6.92 Å². The molecule has 1 fully saturated rings. The third-order valence-electron chi connectivity index (χ3n) is 3.51. The molecule has 120 valence electrons. The molecule has 1 aliphatic carbocycles. The minimum Gasteiger partial charge on any atom is -0.491 e. The van der Waals surface area contributed by atoms with Crippen LogP contribution in [0.2, 0.25) is 0 Å². The van der Waals surface area contributed by atoms with E-state index in [1.54, 1.807) is 24.3 Å². The quantitative estimate of drug-likeness (QED) is 0.502. The van der Waals surface area contributed by atoms with Crippen LogP contribution in [0, 0.1) is 11.7 Å². The Morgan fingerprint density at radius 1 is 1.41 bits per heavy atom. The van der Waals surface area contributed by atoms with Crippen LogP contribution in [-0.2, 0) is 9.53 Å². The van der Waals surface area contributed by atoms with Gasteiger partial charge in [-0.1, -0.05) is 25.5 Å². The highest BCUT2D eigenvalue weighted by Gasteiger charge is 2.24. The maximum atomic E-state index is 13.8. The topological polar surface area (TPSA) is 35.5 Å². The van der Waals surface area contributed by atoms with Gasteiger partial charge >= 0.3 is 5.97 Å². The zero-order chi connectivity index (χ0) is 15.8. The Kier molecular flexibility index (Phi) is 6.44. The van der Waals surface area contributed by atoms with E-state index in [-0.39, 0.29) is 24.1 Å². The lowest BCUT2D eigenvalue weighted by molar-refractivity contribution is -0.142. The van der Waals surface area contributed by atoms with Gasteiger partial charge in [0.1, 0.15) is 6.61 Å². The molecule has 2 rings (SSSR count). The molecule has 1 aromatic carbocycles. The van der Waals surface area contributed by atoms with Crippen LogP contribution in [-0.4, -0.2) is 19.2 Å². The summed E-state index contributed by atoms with van der Waals surface area (Å²) in [6.45, 7) is 2.81. The molecule has 4 heteroatoms. The minimum absolute atomic E-state index is 0.155. The molecule has 0 radical (unpaired) electrons. The number of rotatable bonds is 9. The average molecular weight is 306 g/mol. The summed E-state index contributed by atoms with van der Waals surface area (Å²) in [6, 6.07) is 4.83. The second kappa shape index (κ2) is 8.57. The summed E-state index contributed by atoms with van der Waals surface area (Å²) < 4.78 is 24.3. The summed E-state index contributed by atoms with van der Waals surface area (Å²) in [5.41, 5.74) is 0.721. The first-order chi connectivity index (χ1) is 10.7. The summed E-state index contributed by atoms with van der Waals surface area (Å²) in [7, 11) is 0. The summed E-state index contributed by atoms with van der Waals surface area (Å²) in [5.74, 6) is 0.286. The average Bonchev–Trinajstić information content (AvgIpc) is 3.30. The van der Waals surface area contributed by atoms with Crippen LogP contribution in [0.3, 0.4) is 0 Å².